The number of hydrogen-bond acceptors (Lipinski definition) is 4. The minimum atomic E-state index is -0.0959. The van der Waals surface area contributed by atoms with Crippen molar-refractivity contribution >= 4 is 5.91 Å². The quantitative estimate of drug-likeness (QED) is 0.715. The molecular formula is C12H22N2O3. The first kappa shape index (κ1) is 12.8. The topological polar surface area (TPSA) is 59.6 Å². The summed E-state index contributed by atoms with van der Waals surface area (Å²) in [5.74, 6) is 0.0574. The van der Waals surface area contributed by atoms with Crippen molar-refractivity contribution in [1.82, 2.24) is 10.6 Å². The van der Waals surface area contributed by atoms with Crippen LogP contribution in [0.15, 0.2) is 0 Å². The van der Waals surface area contributed by atoms with Crippen molar-refractivity contribution in [3.8, 4) is 0 Å². The number of carbonyl (C=O) groups excluding carboxylic acids is 1. The zero-order chi connectivity index (χ0) is 12.1. The van der Waals surface area contributed by atoms with Gasteiger partial charge in [0.2, 0.25) is 5.91 Å². The van der Waals surface area contributed by atoms with Crippen molar-refractivity contribution in [2.75, 3.05) is 33.4 Å². The Morgan fingerprint density at radius 3 is 2.94 bits per heavy atom. The van der Waals surface area contributed by atoms with Gasteiger partial charge in [0.15, 0.2) is 0 Å². The van der Waals surface area contributed by atoms with Crippen molar-refractivity contribution in [3.63, 3.8) is 0 Å². The SMILES string of the molecule is COC1(CNC(=O)CC2CNCCO2)CCC1. The van der Waals surface area contributed by atoms with Crippen LogP contribution in [-0.2, 0) is 14.3 Å². The Labute approximate surface area is 102 Å². The van der Waals surface area contributed by atoms with Crippen molar-refractivity contribution in [1.29, 1.82) is 0 Å². The van der Waals surface area contributed by atoms with Crippen LogP contribution in [0.2, 0.25) is 0 Å². The molecule has 2 aliphatic rings. The Bertz CT molecular complexity index is 255. The first-order valence-electron chi connectivity index (χ1n) is 6.38. The summed E-state index contributed by atoms with van der Waals surface area (Å²) in [6.07, 6.45) is 3.74. The van der Waals surface area contributed by atoms with E-state index in [9.17, 15) is 4.79 Å². The second kappa shape index (κ2) is 5.80. The molecule has 2 fully saturated rings. The van der Waals surface area contributed by atoms with E-state index in [0.29, 0.717) is 19.6 Å². The van der Waals surface area contributed by atoms with E-state index in [1.165, 1.54) is 6.42 Å². The van der Waals surface area contributed by atoms with E-state index in [1.54, 1.807) is 7.11 Å². The van der Waals surface area contributed by atoms with Gasteiger partial charge in [-0.25, -0.2) is 0 Å². The molecule has 1 aliphatic carbocycles. The van der Waals surface area contributed by atoms with E-state index in [0.717, 1.165) is 25.9 Å². The second-order valence-corrected chi connectivity index (χ2v) is 4.92. The standard InChI is InChI=1S/C12H22N2O3/c1-16-12(3-2-4-12)9-14-11(15)7-10-8-13-5-6-17-10/h10,13H,2-9H2,1H3,(H,14,15). The third-order valence-electron chi connectivity index (χ3n) is 3.72. The van der Waals surface area contributed by atoms with Gasteiger partial charge in [0.1, 0.15) is 0 Å². The molecule has 1 heterocycles. The summed E-state index contributed by atoms with van der Waals surface area (Å²) in [7, 11) is 1.72. The van der Waals surface area contributed by atoms with Crippen LogP contribution < -0.4 is 10.6 Å². The molecule has 1 saturated heterocycles. The maximum Gasteiger partial charge on any atom is 0.222 e. The molecule has 17 heavy (non-hydrogen) atoms. The minimum absolute atomic E-state index is 0.0173. The molecule has 1 aliphatic heterocycles. The summed E-state index contributed by atoms with van der Waals surface area (Å²) < 4.78 is 10.9. The van der Waals surface area contributed by atoms with Crippen molar-refractivity contribution < 1.29 is 14.3 Å². The zero-order valence-corrected chi connectivity index (χ0v) is 10.5. The van der Waals surface area contributed by atoms with Crippen molar-refractivity contribution in [2.45, 2.75) is 37.4 Å². The normalized spacial score (nSPS) is 27.2. The van der Waals surface area contributed by atoms with E-state index in [2.05, 4.69) is 10.6 Å². The van der Waals surface area contributed by atoms with Gasteiger partial charge in [0.25, 0.3) is 0 Å². The van der Waals surface area contributed by atoms with Crippen LogP contribution in [-0.4, -0.2) is 51.0 Å². The van der Waals surface area contributed by atoms with Crippen LogP contribution in [0.4, 0.5) is 0 Å². The van der Waals surface area contributed by atoms with E-state index >= 15 is 0 Å². The first-order chi connectivity index (χ1) is 8.24. The van der Waals surface area contributed by atoms with Crippen LogP contribution in [0, 0.1) is 0 Å². The number of carbonyl (C=O) groups is 1. The maximum atomic E-state index is 11.7. The number of nitrogens with one attached hydrogen (secondary N) is 2. The number of methoxy groups -OCH3 is 1. The van der Waals surface area contributed by atoms with Gasteiger partial charge in [-0.3, -0.25) is 4.79 Å². The number of rotatable bonds is 5. The van der Waals surface area contributed by atoms with E-state index in [4.69, 9.17) is 9.47 Å². The molecule has 5 nitrogen and oxygen atoms in total. The highest BCUT2D eigenvalue weighted by molar-refractivity contribution is 5.76. The van der Waals surface area contributed by atoms with Crippen LogP contribution >= 0.6 is 0 Å². The van der Waals surface area contributed by atoms with Gasteiger partial charge in [-0.2, -0.15) is 0 Å². The van der Waals surface area contributed by atoms with E-state index in [1.807, 2.05) is 0 Å². The van der Waals surface area contributed by atoms with Gasteiger partial charge < -0.3 is 20.1 Å². The third kappa shape index (κ3) is 3.40. The zero-order valence-electron chi connectivity index (χ0n) is 10.5. The lowest BCUT2D eigenvalue weighted by Crippen LogP contribution is -2.50. The summed E-state index contributed by atoms with van der Waals surface area (Å²) >= 11 is 0. The molecule has 0 radical (unpaired) electrons. The van der Waals surface area contributed by atoms with Gasteiger partial charge in [0.05, 0.1) is 24.7 Å². The average molecular weight is 242 g/mol. The molecule has 0 aromatic heterocycles. The number of ether oxygens (including phenoxy) is 2. The molecule has 5 heteroatoms. The lowest BCUT2D eigenvalue weighted by molar-refractivity contribution is -0.128. The molecule has 0 spiro atoms. The average Bonchev–Trinajstić information content (AvgIpc) is 2.29. The number of amides is 1. The second-order valence-electron chi connectivity index (χ2n) is 4.92. The molecular weight excluding hydrogens is 220 g/mol. The van der Waals surface area contributed by atoms with Gasteiger partial charge in [-0.15, -0.1) is 0 Å². The predicted octanol–water partition coefficient (Wildman–Crippen LogP) is 0.0502. The molecule has 0 aromatic carbocycles. The lowest BCUT2D eigenvalue weighted by atomic mass is 9.80. The molecule has 1 amide bonds. The van der Waals surface area contributed by atoms with Crippen LogP contribution in [0.5, 0.6) is 0 Å². The Morgan fingerprint density at radius 1 is 1.59 bits per heavy atom. The molecule has 1 atom stereocenters. The molecule has 1 unspecified atom stereocenters. The molecule has 0 bridgehead atoms. The summed E-state index contributed by atoms with van der Waals surface area (Å²) in [6.45, 7) is 2.97. The molecule has 0 aromatic rings. The Hall–Kier alpha value is -0.650. The molecule has 98 valence electrons. The third-order valence-corrected chi connectivity index (χ3v) is 3.72. The maximum absolute atomic E-state index is 11.7. The van der Waals surface area contributed by atoms with Gasteiger partial charge in [0, 0.05) is 26.7 Å². The van der Waals surface area contributed by atoms with Gasteiger partial charge in [-0.05, 0) is 19.3 Å². The fraction of sp³-hybridized carbons (Fsp3) is 0.917. The Kier molecular flexibility index (Phi) is 4.36. The fourth-order valence-corrected chi connectivity index (χ4v) is 2.31. The molecule has 2 rings (SSSR count). The van der Waals surface area contributed by atoms with Crippen LogP contribution in [0.1, 0.15) is 25.7 Å². The van der Waals surface area contributed by atoms with Crippen LogP contribution in [0.25, 0.3) is 0 Å². The summed E-state index contributed by atoms with van der Waals surface area (Å²) in [5.41, 5.74) is -0.0959. The smallest absolute Gasteiger partial charge is 0.222 e. The fourth-order valence-electron chi connectivity index (χ4n) is 2.31. The summed E-state index contributed by atoms with van der Waals surface area (Å²) in [5, 5.41) is 6.17. The molecule has 2 N–H and O–H groups in total. The Morgan fingerprint density at radius 2 is 2.41 bits per heavy atom. The highest BCUT2D eigenvalue weighted by Crippen LogP contribution is 2.34. The number of hydrogen-bond donors (Lipinski definition) is 2. The Balaban J connectivity index is 1.66. The predicted molar refractivity (Wildman–Crippen MR) is 63.8 cm³/mol. The highest BCUT2D eigenvalue weighted by atomic mass is 16.5. The van der Waals surface area contributed by atoms with E-state index in [-0.39, 0.29) is 17.6 Å². The number of morpholine rings is 1. The lowest BCUT2D eigenvalue weighted by Gasteiger charge is -2.40. The monoisotopic (exact) mass is 242 g/mol. The summed E-state index contributed by atoms with van der Waals surface area (Å²) in [6, 6.07) is 0. The van der Waals surface area contributed by atoms with Crippen LogP contribution in [0.3, 0.4) is 0 Å². The van der Waals surface area contributed by atoms with E-state index < -0.39 is 0 Å². The summed E-state index contributed by atoms with van der Waals surface area (Å²) in [4.78, 5) is 11.7. The van der Waals surface area contributed by atoms with Crippen molar-refractivity contribution in [2.24, 2.45) is 0 Å². The minimum Gasteiger partial charge on any atom is -0.376 e. The van der Waals surface area contributed by atoms with Gasteiger partial charge in [-0.1, -0.05) is 0 Å². The molecule has 1 saturated carbocycles. The van der Waals surface area contributed by atoms with Gasteiger partial charge >= 0.3 is 0 Å². The first-order valence-corrected chi connectivity index (χ1v) is 6.38. The van der Waals surface area contributed by atoms with Crippen molar-refractivity contribution in [3.05, 3.63) is 0 Å². The largest absolute Gasteiger partial charge is 0.376 e. The highest BCUT2D eigenvalue weighted by Gasteiger charge is 2.37.